The number of hydrogen-bond donors (Lipinski definition) is 0. The minimum absolute atomic E-state index is 0.0972. The van der Waals surface area contributed by atoms with Crippen LogP contribution in [0.5, 0.6) is 0 Å². The SMILES string of the molecule is CC1(C)c2ccccc2-c2cccc(-c3ccccc3-c3ccc(N(c4ccc5c(c4)C4(CC6CCC4C6)c4ccccc4-5)c4ccc5c(ccc6ccccc65)c4)cc3)c21. The summed E-state index contributed by atoms with van der Waals surface area (Å²) in [7, 11) is 0. The van der Waals surface area contributed by atoms with Gasteiger partial charge in [-0.25, -0.2) is 0 Å². The van der Waals surface area contributed by atoms with Crippen molar-refractivity contribution in [3.8, 4) is 44.5 Å². The molecule has 0 amide bonds. The first-order valence-corrected chi connectivity index (χ1v) is 22.4. The average molecular weight is 782 g/mol. The molecule has 4 aliphatic rings. The summed E-state index contributed by atoms with van der Waals surface area (Å²) in [5, 5.41) is 5.12. The molecule has 0 radical (unpaired) electrons. The minimum Gasteiger partial charge on any atom is -0.310 e. The second-order valence-electron chi connectivity index (χ2n) is 18.8. The second kappa shape index (κ2) is 12.9. The molecule has 1 nitrogen and oxygen atoms in total. The summed E-state index contributed by atoms with van der Waals surface area (Å²) < 4.78 is 0. The fourth-order valence-electron chi connectivity index (χ4n) is 12.9. The molecule has 0 N–H and O–H groups in total. The van der Waals surface area contributed by atoms with Gasteiger partial charge in [-0.1, -0.05) is 172 Å². The molecule has 292 valence electrons. The molecule has 9 aromatic carbocycles. The topological polar surface area (TPSA) is 3.24 Å². The first kappa shape index (κ1) is 35.1. The Hall–Kier alpha value is -6.70. The Morgan fingerprint density at radius 3 is 1.80 bits per heavy atom. The summed E-state index contributed by atoms with van der Waals surface area (Å²) in [5.74, 6) is 1.54. The molecule has 13 rings (SSSR count). The quantitative estimate of drug-likeness (QED) is 0.157. The molecule has 1 heteroatoms. The number of benzene rings is 9. The van der Waals surface area contributed by atoms with Gasteiger partial charge in [0.25, 0.3) is 0 Å². The number of nitrogens with zero attached hydrogens (tertiary/aromatic N) is 1. The number of anilines is 3. The Labute approximate surface area is 359 Å². The molecule has 0 aliphatic heterocycles. The predicted molar refractivity (Wildman–Crippen MR) is 256 cm³/mol. The van der Waals surface area contributed by atoms with Crippen molar-refractivity contribution in [3.63, 3.8) is 0 Å². The van der Waals surface area contributed by atoms with Crippen LogP contribution in [0.2, 0.25) is 0 Å². The monoisotopic (exact) mass is 781 g/mol. The number of fused-ring (bicyclic) bond motifs is 14. The highest BCUT2D eigenvalue weighted by atomic mass is 15.1. The Kier molecular flexibility index (Phi) is 7.42. The Balaban J connectivity index is 0.959. The van der Waals surface area contributed by atoms with Crippen LogP contribution in [0.15, 0.2) is 188 Å². The van der Waals surface area contributed by atoms with Crippen LogP contribution in [-0.4, -0.2) is 0 Å². The molecule has 9 aromatic rings. The van der Waals surface area contributed by atoms with Crippen LogP contribution in [0.4, 0.5) is 17.1 Å². The summed E-state index contributed by atoms with van der Waals surface area (Å²) >= 11 is 0. The van der Waals surface area contributed by atoms with Crippen molar-refractivity contribution in [2.45, 2.75) is 50.4 Å². The molecule has 0 heterocycles. The summed E-state index contributed by atoms with van der Waals surface area (Å²) in [5.41, 5.74) is 20.2. The fraction of sp³-hybridized carbons (Fsp3) is 0.167. The van der Waals surface area contributed by atoms with Gasteiger partial charge in [-0.15, -0.1) is 0 Å². The summed E-state index contributed by atoms with van der Waals surface area (Å²) in [4.78, 5) is 2.51. The molecular weight excluding hydrogens is 735 g/mol. The van der Waals surface area contributed by atoms with E-state index in [1.54, 1.807) is 11.1 Å². The fourth-order valence-corrected chi connectivity index (χ4v) is 12.9. The molecular formula is C60H47N. The lowest BCUT2D eigenvalue weighted by Crippen LogP contribution is -2.32. The molecule has 4 aliphatic carbocycles. The smallest absolute Gasteiger partial charge is 0.0468 e. The Bertz CT molecular complexity index is 3260. The third-order valence-electron chi connectivity index (χ3n) is 15.5. The van der Waals surface area contributed by atoms with E-state index >= 15 is 0 Å². The van der Waals surface area contributed by atoms with Crippen molar-refractivity contribution in [2.75, 3.05) is 4.90 Å². The largest absolute Gasteiger partial charge is 0.310 e. The zero-order valence-corrected chi connectivity index (χ0v) is 34.8. The first-order chi connectivity index (χ1) is 30.0. The second-order valence-corrected chi connectivity index (χ2v) is 18.8. The normalized spacial score (nSPS) is 19.9. The molecule has 2 bridgehead atoms. The third kappa shape index (κ3) is 4.95. The van der Waals surface area contributed by atoms with Gasteiger partial charge in [0.15, 0.2) is 0 Å². The van der Waals surface area contributed by atoms with Crippen LogP contribution >= 0.6 is 0 Å². The van der Waals surface area contributed by atoms with Gasteiger partial charge in [-0.3, -0.25) is 0 Å². The van der Waals surface area contributed by atoms with Gasteiger partial charge >= 0.3 is 0 Å². The maximum absolute atomic E-state index is 2.58. The van der Waals surface area contributed by atoms with E-state index in [9.17, 15) is 0 Å². The molecule has 3 atom stereocenters. The van der Waals surface area contributed by atoms with Gasteiger partial charge in [-0.05, 0) is 156 Å². The van der Waals surface area contributed by atoms with E-state index in [4.69, 9.17) is 0 Å². The standard InChI is InChI=1S/C60H47N/c1-59(2)55-20-9-7-17-51(55)54-19-11-18-53(58(54)59)49-15-6-5-14-47(49)40-25-28-43(29-26-40)61(44-30-32-48-41(35-44)24-23-39-12-3-4-13-46(39)48)45-31-33-52-50-16-8-10-21-56(50)60(57(52)36-45)37-38-22-27-42(60)34-38/h3-21,23-26,28-33,35-36,38,42H,22,27,34,37H2,1-2H3. The maximum atomic E-state index is 2.58. The van der Waals surface area contributed by atoms with E-state index in [1.807, 2.05) is 0 Å². The third-order valence-corrected chi connectivity index (χ3v) is 15.5. The maximum Gasteiger partial charge on any atom is 0.0468 e. The van der Waals surface area contributed by atoms with Gasteiger partial charge < -0.3 is 4.90 Å². The first-order valence-electron chi connectivity index (χ1n) is 22.4. The van der Waals surface area contributed by atoms with Crippen LogP contribution in [0.3, 0.4) is 0 Å². The van der Waals surface area contributed by atoms with Crippen LogP contribution in [0.1, 0.15) is 61.8 Å². The van der Waals surface area contributed by atoms with E-state index in [0.717, 1.165) is 11.6 Å². The zero-order valence-electron chi connectivity index (χ0n) is 34.8. The van der Waals surface area contributed by atoms with Crippen molar-refractivity contribution < 1.29 is 0 Å². The van der Waals surface area contributed by atoms with Crippen molar-refractivity contribution in [1.82, 2.24) is 0 Å². The van der Waals surface area contributed by atoms with Crippen molar-refractivity contribution >= 4 is 38.6 Å². The van der Waals surface area contributed by atoms with Gasteiger partial charge in [0.1, 0.15) is 0 Å². The van der Waals surface area contributed by atoms with Gasteiger partial charge in [0.05, 0.1) is 0 Å². The number of hydrogen-bond acceptors (Lipinski definition) is 1. The predicted octanol–water partition coefficient (Wildman–Crippen LogP) is 16.2. The highest BCUT2D eigenvalue weighted by Gasteiger charge is 2.56. The van der Waals surface area contributed by atoms with Gasteiger partial charge in [0.2, 0.25) is 0 Å². The lowest BCUT2D eigenvalue weighted by molar-refractivity contribution is 0.327. The van der Waals surface area contributed by atoms with Crippen LogP contribution in [-0.2, 0) is 10.8 Å². The van der Waals surface area contributed by atoms with E-state index in [1.165, 1.54) is 114 Å². The van der Waals surface area contributed by atoms with Crippen LogP contribution < -0.4 is 4.90 Å². The highest BCUT2D eigenvalue weighted by Crippen LogP contribution is 2.66. The summed E-state index contributed by atoms with van der Waals surface area (Å²) in [6.45, 7) is 4.78. The molecule has 61 heavy (non-hydrogen) atoms. The van der Waals surface area contributed by atoms with Crippen LogP contribution in [0.25, 0.3) is 66.1 Å². The minimum atomic E-state index is -0.0972. The molecule has 0 aromatic heterocycles. The van der Waals surface area contributed by atoms with Crippen molar-refractivity contribution in [1.29, 1.82) is 0 Å². The highest BCUT2D eigenvalue weighted by molar-refractivity contribution is 6.08. The molecule has 1 spiro atoms. The molecule has 2 fully saturated rings. The molecule has 3 unspecified atom stereocenters. The van der Waals surface area contributed by atoms with E-state index in [-0.39, 0.29) is 10.8 Å². The lowest BCUT2D eigenvalue weighted by atomic mass is 9.67. The van der Waals surface area contributed by atoms with E-state index < -0.39 is 0 Å². The van der Waals surface area contributed by atoms with Crippen molar-refractivity contribution in [3.05, 3.63) is 210 Å². The van der Waals surface area contributed by atoms with Gasteiger partial charge in [0, 0.05) is 27.9 Å². The zero-order chi connectivity index (χ0) is 40.5. The van der Waals surface area contributed by atoms with Crippen LogP contribution in [0, 0.1) is 11.8 Å². The van der Waals surface area contributed by atoms with Crippen molar-refractivity contribution in [2.24, 2.45) is 11.8 Å². The summed E-state index contributed by atoms with van der Waals surface area (Å²) in [6, 6.07) is 71.4. The number of rotatable bonds is 5. The Morgan fingerprint density at radius 1 is 0.426 bits per heavy atom. The summed E-state index contributed by atoms with van der Waals surface area (Å²) in [6.07, 6.45) is 5.36. The average Bonchev–Trinajstić information content (AvgIpc) is 4.06. The lowest BCUT2D eigenvalue weighted by Gasteiger charge is -2.37. The Morgan fingerprint density at radius 2 is 1.02 bits per heavy atom. The molecule has 0 saturated heterocycles. The van der Waals surface area contributed by atoms with Gasteiger partial charge in [-0.2, -0.15) is 0 Å². The molecule has 2 saturated carbocycles. The van der Waals surface area contributed by atoms with E-state index in [0.29, 0.717) is 5.92 Å². The van der Waals surface area contributed by atoms with E-state index in [2.05, 4.69) is 207 Å².